The number of rotatable bonds is 6. The molecule has 2 aromatic carbocycles. The average Bonchev–Trinajstić information content (AvgIpc) is 3.42. The smallest absolute Gasteiger partial charge is 0.257 e. The van der Waals surface area contributed by atoms with E-state index < -0.39 is 0 Å². The van der Waals surface area contributed by atoms with Gasteiger partial charge in [0.1, 0.15) is 5.69 Å². The molecule has 158 valence electrons. The van der Waals surface area contributed by atoms with Crippen molar-refractivity contribution in [3.05, 3.63) is 71.9 Å². The summed E-state index contributed by atoms with van der Waals surface area (Å²) in [5.74, 6) is 0.584. The second-order valence-electron chi connectivity index (χ2n) is 7.69. The zero-order valence-corrected chi connectivity index (χ0v) is 18.4. The van der Waals surface area contributed by atoms with E-state index >= 15 is 0 Å². The molecule has 1 saturated heterocycles. The predicted octanol–water partition coefficient (Wildman–Crippen LogP) is 4.21. The third-order valence-electron chi connectivity index (χ3n) is 5.67. The monoisotopic (exact) mass is 424 g/mol. The fourth-order valence-corrected chi connectivity index (χ4v) is 4.00. The minimum Gasteiger partial charge on any atom is -0.338 e. The number of carbonyl (C=O) groups excluding carboxylic acids is 1. The lowest BCUT2D eigenvalue weighted by molar-refractivity contribution is 0.0788. The molecular formula is C24H29ClN4O. The second-order valence-corrected chi connectivity index (χ2v) is 7.69. The highest BCUT2D eigenvalue weighted by molar-refractivity contribution is 6.00. The van der Waals surface area contributed by atoms with E-state index in [1.54, 1.807) is 0 Å². The summed E-state index contributed by atoms with van der Waals surface area (Å²) in [7, 11) is 1.96. The first-order valence-electron chi connectivity index (χ1n) is 10.4. The Hall–Kier alpha value is -2.63. The zero-order valence-electron chi connectivity index (χ0n) is 17.5. The lowest BCUT2D eigenvalue weighted by atomic mass is 10.0. The van der Waals surface area contributed by atoms with Crippen molar-refractivity contribution in [2.45, 2.75) is 19.8 Å². The molecular weight excluding hydrogens is 396 g/mol. The predicted molar refractivity (Wildman–Crippen MR) is 124 cm³/mol. The molecule has 1 aromatic heterocycles. The van der Waals surface area contributed by atoms with E-state index in [4.69, 9.17) is 5.10 Å². The van der Waals surface area contributed by atoms with Crippen LogP contribution < -0.4 is 5.32 Å². The number of aryl methyl sites for hydroxylation is 1. The van der Waals surface area contributed by atoms with Crippen molar-refractivity contribution in [1.29, 1.82) is 0 Å². The Morgan fingerprint density at radius 1 is 1.13 bits per heavy atom. The number of benzene rings is 2. The summed E-state index contributed by atoms with van der Waals surface area (Å²) >= 11 is 0. The lowest BCUT2D eigenvalue weighted by Crippen LogP contribution is -2.30. The van der Waals surface area contributed by atoms with Gasteiger partial charge >= 0.3 is 0 Å². The minimum absolute atomic E-state index is 0. The van der Waals surface area contributed by atoms with Crippen molar-refractivity contribution in [1.82, 2.24) is 20.0 Å². The van der Waals surface area contributed by atoms with Crippen LogP contribution in [0.15, 0.2) is 60.8 Å². The van der Waals surface area contributed by atoms with Crippen LogP contribution in [0.5, 0.6) is 0 Å². The maximum absolute atomic E-state index is 13.4. The number of halogens is 1. The third kappa shape index (κ3) is 4.58. The molecule has 1 N–H and O–H groups in total. The maximum atomic E-state index is 13.4. The Morgan fingerprint density at radius 2 is 1.87 bits per heavy atom. The van der Waals surface area contributed by atoms with Crippen molar-refractivity contribution < 1.29 is 4.79 Å². The number of nitrogens with zero attached hydrogens (tertiary/aromatic N) is 3. The number of aromatic nitrogens is 2. The van der Waals surface area contributed by atoms with Gasteiger partial charge in [-0.3, -0.25) is 4.79 Å². The standard InChI is InChI=1S/C24H28N4O.ClH/c1-3-18-9-11-20(12-10-18)23-22(17-28(26-23)21-7-5-4-6-8-21)24(29)27-14-13-19(16-27)15-25-2;/h4-12,17,19,25H,3,13-16H2,1-2H3;1H. The van der Waals surface area contributed by atoms with Gasteiger partial charge < -0.3 is 10.2 Å². The first-order chi connectivity index (χ1) is 14.2. The first kappa shape index (κ1) is 22.1. The molecule has 0 spiro atoms. The molecule has 1 fully saturated rings. The molecule has 30 heavy (non-hydrogen) atoms. The minimum atomic E-state index is 0. The Bertz CT molecular complexity index is 969. The van der Waals surface area contributed by atoms with Crippen LogP contribution in [0.4, 0.5) is 0 Å². The summed E-state index contributed by atoms with van der Waals surface area (Å²) in [6.45, 7) is 4.68. The van der Waals surface area contributed by atoms with E-state index in [2.05, 4.69) is 36.5 Å². The lowest BCUT2D eigenvalue weighted by Gasteiger charge is -2.16. The maximum Gasteiger partial charge on any atom is 0.257 e. The third-order valence-corrected chi connectivity index (χ3v) is 5.67. The Morgan fingerprint density at radius 3 is 2.53 bits per heavy atom. The van der Waals surface area contributed by atoms with Crippen LogP contribution in [0.1, 0.15) is 29.3 Å². The molecule has 5 nitrogen and oxygen atoms in total. The summed E-state index contributed by atoms with van der Waals surface area (Å²) in [5, 5.41) is 8.04. The fraction of sp³-hybridized carbons (Fsp3) is 0.333. The van der Waals surface area contributed by atoms with E-state index in [-0.39, 0.29) is 18.3 Å². The molecule has 1 unspecified atom stereocenters. The van der Waals surface area contributed by atoms with Gasteiger partial charge in [0.25, 0.3) is 5.91 Å². The summed E-state index contributed by atoms with van der Waals surface area (Å²) in [4.78, 5) is 15.4. The molecule has 1 aliphatic rings. The van der Waals surface area contributed by atoms with Gasteiger partial charge in [-0.25, -0.2) is 4.68 Å². The van der Waals surface area contributed by atoms with Gasteiger partial charge in [0, 0.05) is 24.8 Å². The molecule has 0 bridgehead atoms. The molecule has 1 amide bonds. The number of amides is 1. The molecule has 0 radical (unpaired) electrons. The van der Waals surface area contributed by atoms with Crippen molar-refractivity contribution in [2.75, 3.05) is 26.7 Å². The quantitative estimate of drug-likeness (QED) is 0.645. The zero-order chi connectivity index (χ0) is 20.2. The van der Waals surface area contributed by atoms with E-state index in [0.29, 0.717) is 11.5 Å². The van der Waals surface area contributed by atoms with Crippen LogP contribution in [0, 0.1) is 5.92 Å². The van der Waals surface area contributed by atoms with Crippen LogP contribution >= 0.6 is 12.4 Å². The second kappa shape index (κ2) is 9.92. The number of hydrogen-bond donors (Lipinski definition) is 1. The largest absolute Gasteiger partial charge is 0.338 e. The highest BCUT2D eigenvalue weighted by atomic mass is 35.5. The normalized spacial score (nSPS) is 15.8. The summed E-state index contributed by atoms with van der Waals surface area (Å²) in [6.07, 6.45) is 3.91. The fourth-order valence-electron chi connectivity index (χ4n) is 4.00. The van der Waals surface area contributed by atoms with Gasteiger partial charge in [-0.05, 0) is 50.0 Å². The van der Waals surface area contributed by atoms with Gasteiger partial charge in [0.05, 0.1) is 11.3 Å². The van der Waals surface area contributed by atoms with Crippen molar-refractivity contribution in [3.8, 4) is 16.9 Å². The number of likely N-dealkylation sites (tertiary alicyclic amines) is 1. The summed E-state index contributed by atoms with van der Waals surface area (Å²) < 4.78 is 1.82. The van der Waals surface area contributed by atoms with Crippen LogP contribution in [0.25, 0.3) is 16.9 Å². The van der Waals surface area contributed by atoms with Gasteiger partial charge in [0.2, 0.25) is 0 Å². The molecule has 1 atom stereocenters. The highest BCUT2D eigenvalue weighted by Gasteiger charge is 2.29. The molecule has 6 heteroatoms. The van der Waals surface area contributed by atoms with Crippen LogP contribution in [-0.4, -0.2) is 47.3 Å². The highest BCUT2D eigenvalue weighted by Crippen LogP contribution is 2.27. The van der Waals surface area contributed by atoms with Gasteiger partial charge in [-0.15, -0.1) is 12.4 Å². The Balaban J connectivity index is 0.00000256. The van der Waals surface area contributed by atoms with E-state index in [9.17, 15) is 4.79 Å². The van der Waals surface area contributed by atoms with Crippen LogP contribution in [0.3, 0.4) is 0 Å². The SMILES string of the molecule is CCc1ccc(-c2nn(-c3ccccc3)cc2C(=O)N2CCC(CNC)C2)cc1.Cl. The molecule has 0 saturated carbocycles. The Labute approximate surface area is 184 Å². The topological polar surface area (TPSA) is 50.2 Å². The average molecular weight is 425 g/mol. The molecule has 4 rings (SSSR count). The van der Waals surface area contributed by atoms with Crippen molar-refractivity contribution in [3.63, 3.8) is 0 Å². The van der Waals surface area contributed by atoms with Gasteiger partial charge in [0.15, 0.2) is 0 Å². The van der Waals surface area contributed by atoms with Gasteiger partial charge in [-0.2, -0.15) is 5.10 Å². The molecule has 0 aliphatic carbocycles. The van der Waals surface area contributed by atoms with Gasteiger partial charge in [-0.1, -0.05) is 49.4 Å². The van der Waals surface area contributed by atoms with Crippen molar-refractivity contribution >= 4 is 18.3 Å². The molecule has 3 aromatic rings. The summed E-state index contributed by atoms with van der Waals surface area (Å²) in [6, 6.07) is 18.3. The van der Waals surface area contributed by atoms with Crippen LogP contribution in [0.2, 0.25) is 0 Å². The first-order valence-corrected chi connectivity index (χ1v) is 10.4. The number of hydrogen-bond acceptors (Lipinski definition) is 3. The summed E-state index contributed by atoms with van der Waals surface area (Å²) in [5.41, 5.74) is 4.62. The number of nitrogens with one attached hydrogen (secondary N) is 1. The Kier molecular flexibility index (Phi) is 7.29. The van der Waals surface area contributed by atoms with E-state index in [1.165, 1.54) is 5.56 Å². The number of carbonyl (C=O) groups is 1. The number of para-hydroxylation sites is 1. The van der Waals surface area contributed by atoms with E-state index in [1.807, 2.05) is 53.2 Å². The molecule has 2 heterocycles. The van der Waals surface area contributed by atoms with Crippen LogP contribution in [-0.2, 0) is 6.42 Å². The molecule has 1 aliphatic heterocycles. The van der Waals surface area contributed by atoms with E-state index in [0.717, 1.165) is 49.4 Å². The van der Waals surface area contributed by atoms with Crippen molar-refractivity contribution in [2.24, 2.45) is 5.92 Å².